The lowest BCUT2D eigenvalue weighted by atomic mass is 10.1. The Labute approximate surface area is 90.2 Å². The van der Waals surface area contributed by atoms with Gasteiger partial charge in [-0.05, 0) is 18.2 Å². The molecule has 0 aliphatic rings. The lowest BCUT2D eigenvalue weighted by molar-refractivity contribution is 0.0696. The molecule has 0 saturated carbocycles. The maximum absolute atomic E-state index is 10.7. The number of carboxylic acid groups (broad SMARTS) is 2. The number of nitrogens with two attached hydrogens (primary N) is 1. The first-order chi connectivity index (χ1) is 7.54. The van der Waals surface area contributed by atoms with Gasteiger partial charge in [-0.25, -0.2) is 20.4 Å². The fourth-order valence-corrected chi connectivity index (χ4v) is 1.04. The molecule has 0 saturated heterocycles. The minimum absolute atomic E-state index is 0.149. The Morgan fingerprint density at radius 1 is 1.19 bits per heavy atom. The number of hydrogen-bond acceptors (Lipinski definition) is 4. The van der Waals surface area contributed by atoms with Gasteiger partial charge in [0.25, 0.3) is 0 Å². The van der Waals surface area contributed by atoms with Crippen LogP contribution in [0.15, 0.2) is 23.2 Å². The smallest absolute Gasteiger partial charge is 0.335 e. The molecule has 1 rings (SSSR count). The van der Waals surface area contributed by atoms with Crippen molar-refractivity contribution in [2.45, 2.75) is 0 Å². The maximum Gasteiger partial charge on any atom is 0.335 e. The maximum atomic E-state index is 10.7. The molecule has 1 aromatic rings. The zero-order valence-electron chi connectivity index (χ0n) is 8.04. The summed E-state index contributed by atoms with van der Waals surface area (Å²) < 4.78 is 0. The van der Waals surface area contributed by atoms with E-state index in [1.54, 1.807) is 0 Å². The van der Waals surface area contributed by atoms with Crippen molar-refractivity contribution in [3.63, 3.8) is 0 Å². The van der Waals surface area contributed by atoms with Crippen LogP contribution in [0.1, 0.15) is 20.7 Å². The highest BCUT2D eigenvalue weighted by atomic mass is 16.4. The average Bonchev–Trinajstić information content (AvgIpc) is 2.25. The quantitative estimate of drug-likeness (QED) is 0.250. The summed E-state index contributed by atoms with van der Waals surface area (Å²) in [5.74, 6) is 2.50. The Bertz CT molecular complexity index is 424. The second kappa shape index (κ2) is 4.89. The second-order valence-electron chi connectivity index (χ2n) is 2.80. The Morgan fingerprint density at radius 3 is 2.06 bits per heavy atom. The van der Waals surface area contributed by atoms with Crippen molar-refractivity contribution in [2.24, 2.45) is 10.8 Å². The number of hydrogen-bond donors (Lipinski definition) is 4. The van der Waals surface area contributed by atoms with Gasteiger partial charge in [0.05, 0.1) is 16.8 Å². The predicted molar refractivity (Wildman–Crippen MR) is 55.8 cm³/mol. The molecule has 0 atom stereocenters. The van der Waals surface area contributed by atoms with Crippen LogP contribution < -0.4 is 11.3 Å². The van der Waals surface area contributed by atoms with Gasteiger partial charge in [-0.15, -0.1) is 0 Å². The van der Waals surface area contributed by atoms with Gasteiger partial charge in [-0.3, -0.25) is 0 Å². The third-order valence-corrected chi connectivity index (χ3v) is 1.70. The summed E-state index contributed by atoms with van der Waals surface area (Å²) in [4.78, 5) is 25.2. The molecule has 84 valence electrons. The van der Waals surface area contributed by atoms with Crippen LogP contribution in [0.4, 0.5) is 5.69 Å². The second-order valence-corrected chi connectivity index (χ2v) is 2.80. The molecule has 0 fully saturated rings. The van der Waals surface area contributed by atoms with Gasteiger partial charge < -0.3 is 15.6 Å². The van der Waals surface area contributed by atoms with Crippen molar-refractivity contribution >= 4 is 24.0 Å². The highest BCUT2D eigenvalue weighted by molar-refractivity contribution is 5.95. The molecular weight excluding hydrogens is 214 g/mol. The van der Waals surface area contributed by atoms with Crippen LogP contribution in [-0.2, 0) is 0 Å². The number of benzene rings is 1. The van der Waals surface area contributed by atoms with E-state index in [1.165, 1.54) is 12.1 Å². The Hall–Kier alpha value is -2.41. The van der Waals surface area contributed by atoms with E-state index in [2.05, 4.69) is 10.4 Å². The van der Waals surface area contributed by atoms with Crippen LogP contribution in [0.2, 0.25) is 0 Å². The van der Waals surface area contributed by atoms with Crippen LogP contribution >= 0.6 is 0 Å². The van der Waals surface area contributed by atoms with E-state index in [9.17, 15) is 9.59 Å². The predicted octanol–water partition coefficient (Wildman–Crippen LogP) is 0.206. The molecule has 0 spiro atoms. The minimum atomic E-state index is -1.22. The van der Waals surface area contributed by atoms with Gasteiger partial charge in [0.2, 0.25) is 0 Å². The average molecular weight is 223 g/mol. The molecule has 1 aromatic carbocycles. The zero-order chi connectivity index (χ0) is 12.1. The van der Waals surface area contributed by atoms with E-state index in [0.717, 1.165) is 12.4 Å². The number of nitrogens with one attached hydrogen (secondary N) is 1. The largest absolute Gasteiger partial charge is 0.478 e. The van der Waals surface area contributed by atoms with Crippen LogP contribution in [0.5, 0.6) is 0 Å². The number of rotatable bonds is 4. The normalized spacial score (nSPS) is 10.3. The fraction of sp³-hybridized carbons (Fsp3) is 0. The van der Waals surface area contributed by atoms with Crippen molar-refractivity contribution in [3.8, 4) is 0 Å². The summed E-state index contributed by atoms with van der Waals surface area (Å²) in [6.45, 7) is 0. The number of aromatic carboxylic acids is 2. The zero-order valence-corrected chi connectivity index (χ0v) is 8.04. The van der Waals surface area contributed by atoms with E-state index in [-0.39, 0.29) is 16.8 Å². The molecule has 0 aromatic heterocycles. The summed E-state index contributed by atoms with van der Waals surface area (Å²) in [6, 6.07) is 3.53. The minimum Gasteiger partial charge on any atom is -0.478 e. The molecular formula is C9H9N3O4. The number of nitrogens with zero attached hydrogens (tertiary/aromatic N) is 1. The third-order valence-electron chi connectivity index (χ3n) is 1.70. The van der Waals surface area contributed by atoms with E-state index >= 15 is 0 Å². The lowest BCUT2D eigenvalue weighted by Gasteiger charge is -2.00. The molecule has 16 heavy (non-hydrogen) atoms. The van der Waals surface area contributed by atoms with Crippen molar-refractivity contribution in [2.75, 3.05) is 0 Å². The molecule has 0 amide bonds. The highest BCUT2D eigenvalue weighted by Gasteiger charge is 2.10. The van der Waals surface area contributed by atoms with Crippen LogP contribution in [-0.4, -0.2) is 28.5 Å². The summed E-state index contributed by atoms with van der Waals surface area (Å²) in [7, 11) is 0. The summed E-state index contributed by atoms with van der Waals surface area (Å²) >= 11 is 0. The van der Waals surface area contributed by atoms with E-state index in [4.69, 9.17) is 16.1 Å². The lowest BCUT2D eigenvalue weighted by Crippen LogP contribution is -2.18. The molecule has 0 heterocycles. The molecule has 0 aliphatic carbocycles. The SMILES string of the molecule is NNC=Nc1cc(C(=O)O)cc(C(=O)O)c1. The van der Waals surface area contributed by atoms with E-state index < -0.39 is 11.9 Å². The topological polar surface area (TPSA) is 125 Å². The van der Waals surface area contributed by atoms with Crippen molar-refractivity contribution in [1.29, 1.82) is 0 Å². The molecule has 0 unspecified atom stereocenters. The van der Waals surface area contributed by atoms with Crippen molar-refractivity contribution in [1.82, 2.24) is 5.43 Å². The number of carbonyl (C=O) groups is 2. The molecule has 0 aliphatic heterocycles. The van der Waals surface area contributed by atoms with Crippen LogP contribution in [0.3, 0.4) is 0 Å². The molecule has 7 heteroatoms. The van der Waals surface area contributed by atoms with Gasteiger partial charge in [0.1, 0.15) is 6.34 Å². The van der Waals surface area contributed by atoms with E-state index in [0.29, 0.717) is 0 Å². The van der Waals surface area contributed by atoms with Crippen molar-refractivity contribution < 1.29 is 19.8 Å². The standard InChI is InChI=1S/C9H9N3O4/c10-12-4-11-7-2-5(8(13)14)1-6(3-7)9(15)16/h1-4H,10H2,(H,11,12)(H,13,14)(H,15,16). The van der Waals surface area contributed by atoms with Gasteiger partial charge in [0, 0.05) is 0 Å². The molecule has 0 bridgehead atoms. The molecule has 5 N–H and O–H groups in total. The summed E-state index contributed by atoms with van der Waals surface area (Å²) in [6.07, 6.45) is 1.12. The number of carboxylic acids is 2. The van der Waals surface area contributed by atoms with Gasteiger partial charge >= 0.3 is 11.9 Å². The van der Waals surface area contributed by atoms with Crippen LogP contribution in [0.25, 0.3) is 0 Å². The van der Waals surface area contributed by atoms with E-state index in [1.807, 2.05) is 0 Å². The first kappa shape index (κ1) is 11.7. The Kier molecular flexibility index (Phi) is 3.57. The first-order valence-electron chi connectivity index (χ1n) is 4.15. The summed E-state index contributed by atoms with van der Waals surface area (Å²) in [5.41, 5.74) is 2.02. The van der Waals surface area contributed by atoms with Crippen LogP contribution in [0, 0.1) is 0 Å². The summed E-state index contributed by atoms with van der Waals surface area (Å²) in [5, 5.41) is 17.5. The van der Waals surface area contributed by atoms with Crippen molar-refractivity contribution in [3.05, 3.63) is 29.3 Å². The van der Waals surface area contributed by atoms with Gasteiger partial charge in [0.15, 0.2) is 0 Å². The third kappa shape index (κ3) is 2.79. The monoisotopic (exact) mass is 223 g/mol. The van der Waals surface area contributed by atoms with Gasteiger partial charge in [-0.1, -0.05) is 0 Å². The highest BCUT2D eigenvalue weighted by Crippen LogP contribution is 2.17. The fourth-order valence-electron chi connectivity index (χ4n) is 1.04. The first-order valence-corrected chi connectivity index (χ1v) is 4.15. The number of aliphatic imine (C=N–C) groups is 1. The Balaban J connectivity index is 3.24. The Morgan fingerprint density at radius 2 is 1.69 bits per heavy atom. The van der Waals surface area contributed by atoms with Gasteiger partial charge in [-0.2, -0.15) is 0 Å². The molecule has 7 nitrogen and oxygen atoms in total. The number of hydrazine groups is 1. The molecule has 0 radical (unpaired) electrons.